The third kappa shape index (κ3) is 2.96. The number of piperazine rings is 1. The van der Waals surface area contributed by atoms with Crippen molar-refractivity contribution in [1.82, 2.24) is 14.9 Å². The summed E-state index contributed by atoms with van der Waals surface area (Å²) >= 11 is 0. The van der Waals surface area contributed by atoms with Gasteiger partial charge in [-0.15, -0.1) is 0 Å². The molecule has 1 aliphatic heterocycles. The largest absolute Gasteiger partial charge is 0.438 e. The molecule has 1 amide bonds. The summed E-state index contributed by atoms with van der Waals surface area (Å²) in [6, 6.07) is 2.89. The van der Waals surface area contributed by atoms with Crippen molar-refractivity contribution in [3.8, 4) is 0 Å². The van der Waals surface area contributed by atoms with Gasteiger partial charge in [-0.25, -0.2) is 13.1 Å². The first-order chi connectivity index (χ1) is 8.94. The van der Waals surface area contributed by atoms with Crippen LogP contribution in [0.5, 0.6) is 0 Å². The van der Waals surface area contributed by atoms with Crippen LogP contribution < -0.4 is 10.0 Å². The number of rotatable bonds is 3. The van der Waals surface area contributed by atoms with Crippen molar-refractivity contribution in [3.63, 3.8) is 0 Å². The van der Waals surface area contributed by atoms with Gasteiger partial charge in [0.25, 0.3) is 15.9 Å². The average Bonchev–Trinajstić information content (AvgIpc) is 2.88. The molecule has 2 N–H and O–H groups in total. The van der Waals surface area contributed by atoms with E-state index >= 15 is 0 Å². The van der Waals surface area contributed by atoms with Crippen LogP contribution in [0.4, 0.5) is 0 Å². The monoisotopic (exact) mass is 287 g/mol. The summed E-state index contributed by atoms with van der Waals surface area (Å²) in [5, 5.41) is 2.98. The summed E-state index contributed by atoms with van der Waals surface area (Å²) in [6.07, 6.45) is 0. The Kier molecular flexibility index (Phi) is 3.93. The van der Waals surface area contributed by atoms with Gasteiger partial charge in [0.1, 0.15) is 0 Å². The lowest BCUT2D eigenvalue weighted by atomic mass is 10.2. The van der Waals surface area contributed by atoms with E-state index in [2.05, 4.69) is 10.0 Å². The predicted octanol–water partition coefficient (Wildman–Crippen LogP) is -0.378. The Bertz CT molecular complexity index is 566. The normalized spacial score (nSPS) is 20.5. The topological polar surface area (TPSA) is 91.7 Å². The van der Waals surface area contributed by atoms with Gasteiger partial charge >= 0.3 is 0 Å². The molecule has 7 nitrogen and oxygen atoms in total. The molecular formula is C11H17N3O4S. The van der Waals surface area contributed by atoms with Crippen LogP contribution in [-0.4, -0.2) is 51.9 Å². The molecule has 2 rings (SSSR count). The van der Waals surface area contributed by atoms with E-state index in [0.717, 1.165) is 6.54 Å². The van der Waals surface area contributed by atoms with Crippen molar-refractivity contribution < 1.29 is 17.6 Å². The molecule has 0 radical (unpaired) electrons. The highest BCUT2D eigenvalue weighted by atomic mass is 32.2. The highest BCUT2D eigenvalue weighted by molar-refractivity contribution is 7.89. The van der Waals surface area contributed by atoms with Gasteiger partial charge in [-0.2, -0.15) is 0 Å². The minimum absolute atomic E-state index is 0.0444. The lowest BCUT2D eigenvalue weighted by Gasteiger charge is -2.31. The van der Waals surface area contributed by atoms with Crippen LogP contribution in [0.15, 0.2) is 21.6 Å². The van der Waals surface area contributed by atoms with Crippen molar-refractivity contribution in [1.29, 1.82) is 0 Å². The van der Waals surface area contributed by atoms with E-state index in [1.54, 1.807) is 4.90 Å². The summed E-state index contributed by atoms with van der Waals surface area (Å²) in [6.45, 7) is 3.86. The van der Waals surface area contributed by atoms with E-state index in [4.69, 9.17) is 4.42 Å². The van der Waals surface area contributed by atoms with Crippen LogP contribution in [0.3, 0.4) is 0 Å². The second-order valence-corrected chi connectivity index (χ2v) is 6.25. The van der Waals surface area contributed by atoms with Crippen molar-refractivity contribution >= 4 is 15.9 Å². The summed E-state index contributed by atoms with van der Waals surface area (Å²) in [7, 11) is -2.36. The van der Waals surface area contributed by atoms with Gasteiger partial charge in [-0.1, -0.05) is 0 Å². The van der Waals surface area contributed by atoms with E-state index in [9.17, 15) is 13.2 Å². The van der Waals surface area contributed by atoms with Gasteiger partial charge in [0, 0.05) is 25.7 Å². The highest BCUT2D eigenvalue weighted by Crippen LogP contribution is 2.16. The standard InChI is InChI=1S/C11H17N3O4S/c1-8-7-14(6-5-13-8)11(15)9-3-4-10(18-9)19(16,17)12-2/h3-4,8,12-13H,5-7H2,1-2H3/t8-/m0/s1. The smallest absolute Gasteiger partial charge is 0.289 e. The zero-order valence-electron chi connectivity index (χ0n) is 10.8. The van der Waals surface area contributed by atoms with Crippen molar-refractivity contribution in [2.75, 3.05) is 26.7 Å². The van der Waals surface area contributed by atoms with Crippen LogP contribution in [0.2, 0.25) is 0 Å². The van der Waals surface area contributed by atoms with Gasteiger partial charge in [-0.05, 0) is 26.1 Å². The van der Waals surface area contributed by atoms with Crippen LogP contribution in [0.1, 0.15) is 17.5 Å². The average molecular weight is 287 g/mol. The maximum absolute atomic E-state index is 12.2. The molecule has 1 aliphatic rings. The van der Waals surface area contributed by atoms with E-state index in [1.165, 1.54) is 19.2 Å². The number of carbonyl (C=O) groups is 1. The van der Waals surface area contributed by atoms with E-state index in [1.807, 2.05) is 6.92 Å². The van der Waals surface area contributed by atoms with Crippen molar-refractivity contribution in [3.05, 3.63) is 17.9 Å². The Morgan fingerprint density at radius 3 is 2.89 bits per heavy atom. The highest BCUT2D eigenvalue weighted by Gasteiger charge is 2.25. The summed E-state index contributed by atoms with van der Waals surface area (Å²) in [4.78, 5) is 13.8. The second kappa shape index (κ2) is 5.32. The Balaban J connectivity index is 2.16. The second-order valence-electron chi connectivity index (χ2n) is 4.43. The molecule has 106 valence electrons. The van der Waals surface area contributed by atoms with Gasteiger partial charge in [-0.3, -0.25) is 4.79 Å². The molecule has 19 heavy (non-hydrogen) atoms. The van der Waals surface area contributed by atoms with Crippen LogP contribution in [-0.2, 0) is 10.0 Å². The van der Waals surface area contributed by atoms with Crippen LogP contribution in [0, 0.1) is 0 Å². The van der Waals surface area contributed by atoms with Crippen LogP contribution >= 0.6 is 0 Å². The SMILES string of the molecule is CNS(=O)(=O)c1ccc(C(=O)N2CCN[C@@H](C)C2)o1. The Morgan fingerprint density at radius 2 is 2.26 bits per heavy atom. The molecule has 0 bridgehead atoms. The summed E-state index contributed by atoms with van der Waals surface area (Å²) in [5.74, 6) is -0.242. The first kappa shape index (κ1) is 14.0. The van der Waals surface area contributed by atoms with Crippen molar-refractivity contribution in [2.24, 2.45) is 0 Å². The Hall–Kier alpha value is -1.38. The quantitative estimate of drug-likeness (QED) is 0.791. The first-order valence-corrected chi connectivity index (χ1v) is 7.48. The molecule has 0 unspecified atom stereocenters. The van der Waals surface area contributed by atoms with E-state index in [0.29, 0.717) is 13.1 Å². The molecule has 0 aromatic carbocycles. The van der Waals surface area contributed by atoms with Gasteiger partial charge in [0.2, 0.25) is 5.09 Å². The minimum atomic E-state index is -3.65. The molecule has 1 saturated heterocycles. The third-order valence-electron chi connectivity index (χ3n) is 2.98. The number of carbonyl (C=O) groups excluding carboxylic acids is 1. The molecule has 1 atom stereocenters. The predicted molar refractivity (Wildman–Crippen MR) is 68.3 cm³/mol. The molecule has 2 heterocycles. The fourth-order valence-corrected chi connectivity index (χ4v) is 2.60. The lowest BCUT2D eigenvalue weighted by molar-refractivity contribution is 0.0671. The summed E-state index contributed by atoms with van der Waals surface area (Å²) in [5.41, 5.74) is 0. The molecule has 1 aromatic rings. The first-order valence-electron chi connectivity index (χ1n) is 6.00. The fourth-order valence-electron chi connectivity index (χ4n) is 1.95. The number of hydrogen-bond donors (Lipinski definition) is 2. The zero-order chi connectivity index (χ0) is 14.0. The van der Waals surface area contributed by atoms with Gasteiger partial charge in [0.15, 0.2) is 5.76 Å². The van der Waals surface area contributed by atoms with Gasteiger partial charge in [0.05, 0.1) is 0 Å². The maximum atomic E-state index is 12.2. The van der Waals surface area contributed by atoms with E-state index in [-0.39, 0.29) is 22.8 Å². The van der Waals surface area contributed by atoms with E-state index < -0.39 is 10.0 Å². The molecule has 0 spiro atoms. The number of nitrogens with zero attached hydrogens (tertiary/aromatic N) is 1. The molecule has 1 aromatic heterocycles. The van der Waals surface area contributed by atoms with Crippen LogP contribution in [0.25, 0.3) is 0 Å². The maximum Gasteiger partial charge on any atom is 0.289 e. The number of hydrogen-bond acceptors (Lipinski definition) is 5. The molecular weight excluding hydrogens is 270 g/mol. The van der Waals surface area contributed by atoms with Crippen molar-refractivity contribution in [2.45, 2.75) is 18.1 Å². The number of nitrogens with one attached hydrogen (secondary N) is 2. The summed E-state index contributed by atoms with van der Waals surface area (Å²) < 4.78 is 30.3. The number of amides is 1. The molecule has 0 saturated carbocycles. The Morgan fingerprint density at radius 1 is 1.53 bits per heavy atom. The number of sulfonamides is 1. The fraction of sp³-hybridized carbons (Fsp3) is 0.545. The molecule has 0 aliphatic carbocycles. The lowest BCUT2D eigenvalue weighted by Crippen LogP contribution is -2.51. The molecule has 1 fully saturated rings. The molecule has 8 heteroatoms. The third-order valence-corrected chi connectivity index (χ3v) is 4.27. The van der Waals surface area contributed by atoms with Gasteiger partial charge < -0.3 is 14.6 Å². The Labute approximate surface area is 112 Å². The zero-order valence-corrected chi connectivity index (χ0v) is 11.7. The number of furan rings is 1. The minimum Gasteiger partial charge on any atom is -0.438 e.